The van der Waals surface area contributed by atoms with Crippen molar-refractivity contribution < 1.29 is 14.7 Å². The number of aromatic nitrogens is 1. The number of nitrogens with zero attached hydrogens (tertiary/aromatic N) is 1. The van der Waals surface area contributed by atoms with Crippen molar-refractivity contribution in [2.45, 2.75) is 6.54 Å². The highest BCUT2D eigenvalue weighted by molar-refractivity contribution is 9.10. The van der Waals surface area contributed by atoms with Crippen molar-refractivity contribution in [2.24, 2.45) is 0 Å². The molecule has 0 spiro atoms. The lowest BCUT2D eigenvalue weighted by atomic mass is 10.2. The molecule has 2 rings (SSSR count). The van der Waals surface area contributed by atoms with Gasteiger partial charge in [-0.05, 0) is 39.7 Å². The van der Waals surface area contributed by atoms with Crippen LogP contribution in [0.15, 0.2) is 47.1 Å². The quantitative estimate of drug-likeness (QED) is 0.791. The van der Waals surface area contributed by atoms with Crippen molar-refractivity contribution in [1.82, 2.24) is 10.3 Å². The third-order valence-electron chi connectivity index (χ3n) is 2.62. The van der Waals surface area contributed by atoms with E-state index in [4.69, 9.17) is 5.11 Å². The Hall–Kier alpha value is -2.41. The lowest BCUT2D eigenvalue weighted by Crippen LogP contribution is -2.28. The molecule has 1 aromatic carbocycles. The standard InChI is InChI=1S/C14H12BrN3O3/c15-10-3-1-2-4-11(10)18-14(21)17-8-9-5-6-12(13(19)20)16-7-9/h1-7H,8H2,(H,19,20)(H2,17,18,21). The first-order chi connectivity index (χ1) is 10.1. The maximum Gasteiger partial charge on any atom is 0.354 e. The van der Waals surface area contributed by atoms with Crippen molar-refractivity contribution in [3.05, 3.63) is 58.3 Å². The van der Waals surface area contributed by atoms with Crippen LogP contribution in [0.1, 0.15) is 16.1 Å². The number of urea groups is 1. The summed E-state index contributed by atoms with van der Waals surface area (Å²) >= 11 is 3.33. The van der Waals surface area contributed by atoms with Gasteiger partial charge in [0.1, 0.15) is 5.69 Å². The number of carboxylic acids is 1. The zero-order valence-electron chi connectivity index (χ0n) is 10.8. The molecule has 0 atom stereocenters. The largest absolute Gasteiger partial charge is 0.477 e. The first-order valence-corrected chi connectivity index (χ1v) is 6.83. The van der Waals surface area contributed by atoms with E-state index in [1.165, 1.54) is 12.3 Å². The van der Waals surface area contributed by atoms with Gasteiger partial charge in [0.05, 0.1) is 5.69 Å². The van der Waals surface area contributed by atoms with Crippen LogP contribution in [-0.2, 0) is 6.54 Å². The molecule has 108 valence electrons. The number of para-hydroxylation sites is 1. The molecule has 0 aliphatic rings. The van der Waals surface area contributed by atoms with Crippen LogP contribution in [0.3, 0.4) is 0 Å². The van der Waals surface area contributed by atoms with Crippen LogP contribution in [-0.4, -0.2) is 22.1 Å². The first-order valence-electron chi connectivity index (χ1n) is 6.04. The van der Waals surface area contributed by atoms with Crippen molar-refractivity contribution in [1.29, 1.82) is 0 Å². The molecular formula is C14H12BrN3O3. The fraction of sp³-hybridized carbons (Fsp3) is 0.0714. The number of nitrogens with one attached hydrogen (secondary N) is 2. The molecule has 1 heterocycles. The molecule has 0 aliphatic carbocycles. The summed E-state index contributed by atoms with van der Waals surface area (Å²) in [6.45, 7) is 0.253. The predicted molar refractivity (Wildman–Crippen MR) is 81.2 cm³/mol. The average Bonchev–Trinajstić information content (AvgIpc) is 2.48. The molecule has 0 fully saturated rings. The molecule has 0 aliphatic heterocycles. The number of halogens is 1. The van der Waals surface area contributed by atoms with E-state index in [1.54, 1.807) is 12.1 Å². The second-order valence-electron chi connectivity index (χ2n) is 4.14. The number of carboxylic acid groups (broad SMARTS) is 1. The van der Waals surface area contributed by atoms with Gasteiger partial charge < -0.3 is 15.7 Å². The molecule has 0 saturated carbocycles. The number of hydrogen-bond acceptors (Lipinski definition) is 3. The molecular weight excluding hydrogens is 338 g/mol. The minimum atomic E-state index is -1.08. The number of aromatic carboxylic acids is 1. The normalized spacial score (nSPS) is 9.95. The van der Waals surface area contributed by atoms with E-state index in [9.17, 15) is 9.59 Å². The van der Waals surface area contributed by atoms with Crippen LogP contribution in [0.25, 0.3) is 0 Å². The van der Waals surface area contributed by atoms with Gasteiger partial charge in [0.25, 0.3) is 0 Å². The van der Waals surface area contributed by atoms with E-state index < -0.39 is 5.97 Å². The molecule has 1 aromatic heterocycles. The van der Waals surface area contributed by atoms with Crippen LogP contribution in [0.5, 0.6) is 0 Å². The Balaban J connectivity index is 1.89. The number of amides is 2. The second-order valence-corrected chi connectivity index (χ2v) is 5.00. The highest BCUT2D eigenvalue weighted by atomic mass is 79.9. The Morgan fingerprint density at radius 2 is 1.95 bits per heavy atom. The van der Waals surface area contributed by atoms with Gasteiger partial charge in [-0.25, -0.2) is 14.6 Å². The van der Waals surface area contributed by atoms with Crippen LogP contribution >= 0.6 is 15.9 Å². The molecule has 6 nitrogen and oxygen atoms in total. The Morgan fingerprint density at radius 1 is 1.19 bits per heavy atom. The monoisotopic (exact) mass is 349 g/mol. The number of rotatable bonds is 4. The highest BCUT2D eigenvalue weighted by Crippen LogP contribution is 2.20. The predicted octanol–water partition coefficient (Wildman–Crippen LogP) is 2.86. The molecule has 0 radical (unpaired) electrons. The maximum atomic E-state index is 11.8. The number of benzene rings is 1. The van der Waals surface area contributed by atoms with E-state index in [0.717, 1.165) is 4.47 Å². The fourth-order valence-electron chi connectivity index (χ4n) is 1.57. The van der Waals surface area contributed by atoms with E-state index >= 15 is 0 Å². The van der Waals surface area contributed by atoms with Crippen LogP contribution in [0.2, 0.25) is 0 Å². The van der Waals surface area contributed by atoms with Crippen LogP contribution in [0, 0.1) is 0 Å². The van der Waals surface area contributed by atoms with Gasteiger partial charge in [0, 0.05) is 17.2 Å². The lowest BCUT2D eigenvalue weighted by Gasteiger charge is -2.09. The molecule has 3 N–H and O–H groups in total. The third kappa shape index (κ3) is 4.28. The van der Waals surface area contributed by atoms with E-state index in [2.05, 4.69) is 31.5 Å². The molecule has 0 saturated heterocycles. The van der Waals surface area contributed by atoms with Crippen molar-refractivity contribution in [3.63, 3.8) is 0 Å². The third-order valence-corrected chi connectivity index (χ3v) is 3.31. The number of hydrogen-bond donors (Lipinski definition) is 3. The zero-order chi connectivity index (χ0) is 15.2. The number of carbonyl (C=O) groups excluding carboxylic acids is 1. The zero-order valence-corrected chi connectivity index (χ0v) is 12.4. The van der Waals surface area contributed by atoms with Gasteiger partial charge in [-0.3, -0.25) is 0 Å². The maximum absolute atomic E-state index is 11.8. The number of carbonyl (C=O) groups is 2. The van der Waals surface area contributed by atoms with Gasteiger partial charge >= 0.3 is 12.0 Å². The summed E-state index contributed by atoms with van der Waals surface area (Å²) in [6.07, 6.45) is 1.42. The molecule has 7 heteroatoms. The number of pyridine rings is 1. The summed E-state index contributed by atoms with van der Waals surface area (Å²) in [5.74, 6) is -1.08. The Morgan fingerprint density at radius 3 is 2.57 bits per heavy atom. The van der Waals surface area contributed by atoms with Gasteiger partial charge in [-0.15, -0.1) is 0 Å². The fourth-order valence-corrected chi connectivity index (χ4v) is 1.95. The van der Waals surface area contributed by atoms with E-state index in [0.29, 0.717) is 11.3 Å². The summed E-state index contributed by atoms with van der Waals surface area (Å²) in [6, 6.07) is 9.90. The van der Waals surface area contributed by atoms with Gasteiger partial charge in [0.15, 0.2) is 0 Å². The Kier molecular flexibility index (Phi) is 4.89. The van der Waals surface area contributed by atoms with Crippen LogP contribution in [0.4, 0.5) is 10.5 Å². The minimum absolute atomic E-state index is 0.0311. The topological polar surface area (TPSA) is 91.3 Å². The highest BCUT2D eigenvalue weighted by Gasteiger charge is 2.06. The minimum Gasteiger partial charge on any atom is -0.477 e. The number of anilines is 1. The Labute approximate surface area is 129 Å². The van der Waals surface area contributed by atoms with Crippen molar-refractivity contribution in [3.8, 4) is 0 Å². The van der Waals surface area contributed by atoms with E-state index in [-0.39, 0.29) is 18.3 Å². The van der Waals surface area contributed by atoms with Gasteiger partial charge in [-0.1, -0.05) is 18.2 Å². The first kappa shape index (κ1) is 15.0. The summed E-state index contributed by atoms with van der Waals surface area (Å²) in [4.78, 5) is 26.2. The molecule has 2 aromatic rings. The summed E-state index contributed by atoms with van der Waals surface area (Å²) in [5.41, 5.74) is 1.34. The molecule has 21 heavy (non-hydrogen) atoms. The Bertz CT molecular complexity index is 659. The summed E-state index contributed by atoms with van der Waals surface area (Å²) in [5, 5.41) is 14.1. The molecule has 0 bridgehead atoms. The average molecular weight is 350 g/mol. The van der Waals surface area contributed by atoms with Gasteiger partial charge in [0.2, 0.25) is 0 Å². The van der Waals surface area contributed by atoms with Gasteiger partial charge in [-0.2, -0.15) is 0 Å². The SMILES string of the molecule is O=C(NCc1ccc(C(=O)O)nc1)Nc1ccccc1Br. The van der Waals surface area contributed by atoms with E-state index in [1.807, 2.05) is 18.2 Å². The summed E-state index contributed by atoms with van der Waals surface area (Å²) in [7, 11) is 0. The van der Waals surface area contributed by atoms with Crippen molar-refractivity contribution >= 4 is 33.6 Å². The van der Waals surface area contributed by atoms with Crippen LogP contribution < -0.4 is 10.6 Å². The smallest absolute Gasteiger partial charge is 0.354 e. The summed E-state index contributed by atoms with van der Waals surface area (Å²) < 4.78 is 0.785. The lowest BCUT2D eigenvalue weighted by molar-refractivity contribution is 0.0690. The van der Waals surface area contributed by atoms with Crippen molar-refractivity contribution in [2.75, 3.05) is 5.32 Å². The second kappa shape index (κ2) is 6.85. The molecule has 0 unspecified atom stereocenters. The molecule has 2 amide bonds.